The van der Waals surface area contributed by atoms with E-state index in [0.717, 1.165) is 24.9 Å². The predicted molar refractivity (Wildman–Crippen MR) is 87.5 cm³/mol. The molecule has 0 radical (unpaired) electrons. The molecule has 2 fully saturated rings. The molecular formula is C17H28N4. The first kappa shape index (κ1) is 14.8. The van der Waals surface area contributed by atoms with Crippen LogP contribution in [0, 0.1) is 0 Å². The summed E-state index contributed by atoms with van der Waals surface area (Å²) in [5, 5.41) is 0. The molecule has 2 aliphatic rings. The summed E-state index contributed by atoms with van der Waals surface area (Å²) < 4.78 is 0. The maximum Gasteiger partial charge on any atom is 0.133 e. The number of piperidine rings is 2. The monoisotopic (exact) mass is 288 g/mol. The minimum Gasteiger partial charge on any atom is -0.356 e. The van der Waals surface area contributed by atoms with Crippen molar-refractivity contribution in [1.82, 2.24) is 9.88 Å². The smallest absolute Gasteiger partial charge is 0.133 e. The van der Waals surface area contributed by atoms with E-state index in [9.17, 15) is 0 Å². The molecular weight excluding hydrogens is 260 g/mol. The lowest BCUT2D eigenvalue weighted by molar-refractivity contribution is 0.141. The minimum absolute atomic E-state index is 0.0496. The third-order valence-corrected chi connectivity index (χ3v) is 4.98. The van der Waals surface area contributed by atoms with E-state index >= 15 is 0 Å². The summed E-state index contributed by atoms with van der Waals surface area (Å²) in [7, 11) is 0. The highest BCUT2D eigenvalue weighted by Gasteiger charge is 2.27. The van der Waals surface area contributed by atoms with Crippen molar-refractivity contribution in [3.63, 3.8) is 0 Å². The largest absolute Gasteiger partial charge is 0.356 e. The normalized spacial score (nSPS) is 23.2. The Morgan fingerprint density at radius 1 is 1.14 bits per heavy atom. The SMILES string of the molecule is CC(N)c1cccnc1N1CCC(N2CCCCC2)CC1. The van der Waals surface area contributed by atoms with Crippen LogP contribution in [0.5, 0.6) is 0 Å². The van der Waals surface area contributed by atoms with Gasteiger partial charge in [-0.05, 0) is 51.8 Å². The van der Waals surface area contributed by atoms with Crippen LogP contribution in [0.15, 0.2) is 18.3 Å². The van der Waals surface area contributed by atoms with Crippen molar-refractivity contribution in [3.05, 3.63) is 23.9 Å². The lowest BCUT2D eigenvalue weighted by atomic mass is 9.99. The molecule has 1 aromatic rings. The molecule has 0 bridgehead atoms. The summed E-state index contributed by atoms with van der Waals surface area (Å²) in [6, 6.07) is 4.93. The van der Waals surface area contributed by atoms with Crippen molar-refractivity contribution < 1.29 is 0 Å². The Morgan fingerprint density at radius 2 is 1.86 bits per heavy atom. The highest BCUT2D eigenvalue weighted by molar-refractivity contribution is 5.48. The second-order valence-electron chi connectivity index (χ2n) is 6.52. The Kier molecular flexibility index (Phi) is 4.76. The summed E-state index contributed by atoms with van der Waals surface area (Å²) in [6.45, 7) is 6.87. The van der Waals surface area contributed by atoms with E-state index < -0.39 is 0 Å². The lowest BCUT2D eigenvalue weighted by Crippen LogP contribution is -2.47. The average molecular weight is 288 g/mol. The Hall–Kier alpha value is -1.13. The van der Waals surface area contributed by atoms with E-state index in [-0.39, 0.29) is 6.04 Å². The van der Waals surface area contributed by atoms with Crippen LogP contribution in [0.2, 0.25) is 0 Å². The van der Waals surface area contributed by atoms with Gasteiger partial charge in [0.2, 0.25) is 0 Å². The van der Waals surface area contributed by atoms with Crippen LogP contribution < -0.4 is 10.6 Å². The Labute approximate surface area is 128 Å². The van der Waals surface area contributed by atoms with Gasteiger partial charge in [0.25, 0.3) is 0 Å². The fourth-order valence-corrected chi connectivity index (χ4v) is 3.76. The second kappa shape index (κ2) is 6.75. The molecule has 0 amide bonds. The zero-order chi connectivity index (χ0) is 14.7. The zero-order valence-corrected chi connectivity index (χ0v) is 13.2. The van der Waals surface area contributed by atoms with Crippen LogP contribution in [0.3, 0.4) is 0 Å². The standard InChI is InChI=1S/C17H28N4/c1-14(18)16-6-5-9-19-17(16)21-12-7-15(8-13-21)20-10-3-2-4-11-20/h5-6,9,14-15H,2-4,7-8,10-13,18H2,1H3. The van der Waals surface area contributed by atoms with Gasteiger partial charge >= 0.3 is 0 Å². The molecule has 21 heavy (non-hydrogen) atoms. The minimum atomic E-state index is 0.0496. The number of nitrogens with two attached hydrogens (primary N) is 1. The van der Waals surface area contributed by atoms with E-state index in [2.05, 4.69) is 20.9 Å². The van der Waals surface area contributed by atoms with Gasteiger partial charge in [-0.2, -0.15) is 0 Å². The number of hydrogen-bond acceptors (Lipinski definition) is 4. The number of nitrogens with zero attached hydrogens (tertiary/aromatic N) is 3. The number of aromatic nitrogens is 1. The number of anilines is 1. The first-order valence-corrected chi connectivity index (χ1v) is 8.45. The van der Waals surface area contributed by atoms with Crippen molar-refractivity contribution in [2.75, 3.05) is 31.1 Å². The molecule has 3 heterocycles. The Balaban J connectivity index is 1.63. The molecule has 2 aliphatic heterocycles. The Bertz CT molecular complexity index is 446. The molecule has 1 aromatic heterocycles. The topological polar surface area (TPSA) is 45.4 Å². The van der Waals surface area contributed by atoms with E-state index in [4.69, 9.17) is 5.73 Å². The molecule has 1 unspecified atom stereocenters. The van der Waals surface area contributed by atoms with Crippen LogP contribution in [0.4, 0.5) is 5.82 Å². The number of rotatable bonds is 3. The first-order valence-electron chi connectivity index (χ1n) is 8.45. The molecule has 0 saturated carbocycles. The van der Waals surface area contributed by atoms with E-state index in [1.165, 1.54) is 50.8 Å². The van der Waals surface area contributed by atoms with Gasteiger partial charge < -0.3 is 15.5 Å². The highest BCUT2D eigenvalue weighted by atomic mass is 15.2. The summed E-state index contributed by atoms with van der Waals surface area (Å²) in [6.07, 6.45) is 8.59. The molecule has 0 spiro atoms. The molecule has 0 aromatic carbocycles. The molecule has 2 saturated heterocycles. The second-order valence-corrected chi connectivity index (χ2v) is 6.52. The van der Waals surface area contributed by atoms with Crippen molar-refractivity contribution >= 4 is 5.82 Å². The van der Waals surface area contributed by atoms with Crippen LogP contribution in [-0.2, 0) is 0 Å². The van der Waals surface area contributed by atoms with Gasteiger partial charge in [0.15, 0.2) is 0 Å². The fourth-order valence-electron chi connectivity index (χ4n) is 3.76. The van der Waals surface area contributed by atoms with Gasteiger partial charge in [0, 0.05) is 36.9 Å². The lowest BCUT2D eigenvalue weighted by Gasteiger charge is -2.41. The van der Waals surface area contributed by atoms with Gasteiger partial charge in [-0.15, -0.1) is 0 Å². The van der Waals surface area contributed by atoms with Crippen molar-refractivity contribution in [1.29, 1.82) is 0 Å². The number of pyridine rings is 1. The van der Waals surface area contributed by atoms with Gasteiger partial charge in [-0.1, -0.05) is 12.5 Å². The van der Waals surface area contributed by atoms with Crippen LogP contribution in [-0.4, -0.2) is 42.1 Å². The first-order chi connectivity index (χ1) is 10.3. The van der Waals surface area contributed by atoms with E-state index in [1.807, 2.05) is 19.2 Å². The van der Waals surface area contributed by atoms with Crippen LogP contribution in [0.25, 0.3) is 0 Å². The molecule has 0 aliphatic carbocycles. The van der Waals surface area contributed by atoms with E-state index in [0.29, 0.717) is 0 Å². The van der Waals surface area contributed by atoms with Crippen LogP contribution in [0.1, 0.15) is 50.6 Å². The highest BCUT2D eigenvalue weighted by Crippen LogP contribution is 2.27. The predicted octanol–water partition coefficient (Wildman–Crippen LogP) is 2.56. The zero-order valence-electron chi connectivity index (χ0n) is 13.2. The van der Waals surface area contributed by atoms with Gasteiger partial charge in [-0.25, -0.2) is 4.98 Å². The maximum absolute atomic E-state index is 6.09. The van der Waals surface area contributed by atoms with Crippen LogP contribution >= 0.6 is 0 Å². The fraction of sp³-hybridized carbons (Fsp3) is 0.706. The quantitative estimate of drug-likeness (QED) is 0.928. The summed E-state index contributed by atoms with van der Waals surface area (Å²) >= 11 is 0. The molecule has 4 heteroatoms. The number of likely N-dealkylation sites (tertiary alicyclic amines) is 1. The molecule has 2 N–H and O–H groups in total. The van der Waals surface area contributed by atoms with Gasteiger partial charge in [0.05, 0.1) is 0 Å². The van der Waals surface area contributed by atoms with Crippen molar-refractivity contribution in [2.24, 2.45) is 5.73 Å². The third-order valence-electron chi connectivity index (χ3n) is 4.98. The summed E-state index contributed by atoms with van der Waals surface area (Å²) in [5.74, 6) is 1.10. The number of hydrogen-bond donors (Lipinski definition) is 1. The van der Waals surface area contributed by atoms with Crippen molar-refractivity contribution in [3.8, 4) is 0 Å². The van der Waals surface area contributed by atoms with E-state index in [1.54, 1.807) is 0 Å². The molecule has 1 atom stereocenters. The molecule has 3 rings (SSSR count). The van der Waals surface area contributed by atoms with Gasteiger partial charge in [-0.3, -0.25) is 0 Å². The third kappa shape index (κ3) is 3.38. The average Bonchev–Trinajstić information content (AvgIpc) is 2.56. The maximum atomic E-state index is 6.09. The molecule has 4 nitrogen and oxygen atoms in total. The summed E-state index contributed by atoms with van der Waals surface area (Å²) in [5.41, 5.74) is 7.27. The summed E-state index contributed by atoms with van der Waals surface area (Å²) in [4.78, 5) is 9.74. The van der Waals surface area contributed by atoms with Crippen molar-refractivity contribution in [2.45, 2.75) is 51.1 Å². The Morgan fingerprint density at radius 3 is 2.52 bits per heavy atom. The van der Waals surface area contributed by atoms with Gasteiger partial charge in [0.1, 0.15) is 5.82 Å². The molecule has 116 valence electrons.